The Bertz CT molecular complexity index is 333. The van der Waals surface area contributed by atoms with E-state index >= 15 is 0 Å². The van der Waals surface area contributed by atoms with Crippen molar-refractivity contribution in [3.63, 3.8) is 0 Å². The minimum absolute atomic E-state index is 0. The molecule has 0 aliphatic carbocycles. The Labute approximate surface area is 114 Å². The Hall–Kier alpha value is -0.150. The molecule has 1 aliphatic heterocycles. The number of para-hydroxylation sites is 1. The standard InChI is InChI=1S/C11H15ClN2.2ClH/c1-2-14-10-6-4-3-5-8(10)9(13)7-11(14)12;;/h3-6,9,11H,2,7,13H2,1H3;2*1H. The second kappa shape index (κ2) is 6.55. The molecule has 0 fully saturated rings. The normalized spacial score (nSPS) is 22.8. The van der Waals surface area contributed by atoms with Gasteiger partial charge in [0.25, 0.3) is 0 Å². The lowest BCUT2D eigenvalue weighted by atomic mass is 9.97. The monoisotopic (exact) mass is 282 g/mol. The number of rotatable bonds is 1. The predicted octanol–water partition coefficient (Wildman–Crippen LogP) is 3.32. The van der Waals surface area contributed by atoms with Crippen LogP contribution >= 0.6 is 36.4 Å². The van der Waals surface area contributed by atoms with Crippen molar-refractivity contribution in [3.05, 3.63) is 29.8 Å². The van der Waals surface area contributed by atoms with Crippen LogP contribution in [0.1, 0.15) is 24.9 Å². The largest absolute Gasteiger partial charge is 0.355 e. The van der Waals surface area contributed by atoms with E-state index in [1.807, 2.05) is 12.1 Å². The fraction of sp³-hybridized carbons (Fsp3) is 0.455. The molecule has 2 unspecified atom stereocenters. The molecular formula is C11H17Cl3N2. The third-order valence-electron chi connectivity index (χ3n) is 2.77. The molecule has 1 aromatic rings. The summed E-state index contributed by atoms with van der Waals surface area (Å²) >= 11 is 6.25. The van der Waals surface area contributed by atoms with Crippen LogP contribution in [0.25, 0.3) is 0 Å². The molecule has 0 aromatic heterocycles. The number of benzene rings is 1. The Kier molecular flexibility index (Phi) is 6.49. The summed E-state index contributed by atoms with van der Waals surface area (Å²) in [4.78, 5) is 2.19. The van der Waals surface area contributed by atoms with Crippen LogP contribution in [0.15, 0.2) is 24.3 Å². The molecule has 1 aromatic carbocycles. The van der Waals surface area contributed by atoms with E-state index in [-0.39, 0.29) is 36.4 Å². The molecule has 16 heavy (non-hydrogen) atoms. The lowest BCUT2D eigenvalue weighted by molar-refractivity contribution is 0.566. The first-order chi connectivity index (χ1) is 6.74. The van der Waals surface area contributed by atoms with Gasteiger partial charge < -0.3 is 10.6 Å². The van der Waals surface area contributed by atoms with Crippen LogP contribution in [0, 0.1) is 0 Å². The van der Waals surface area contributed by atoms with Crippen LogP contribution in [0.5, 0.6) is 0 Å². The highest BCUT2D eigenvalue weighted by Crippen LogP contribution is 2.36. The lowest BCUT2D eigenvalue weighted by Crippen LogP contribution is -2.38. The first-order valence-electron chi connectivity index (χ1n) is 4.99. The van der Waals surface area contributed by atoms with Gasteiger partial charge in [0.05, 0.1) is 0 Å². The molecule has 1 aliphatic rings. The number of halogens is 3. The summed E-state index contributed by atoms with van der Waals surface area (Å²) in [5.41, 5.74) is 8.48. The van der Waals surface area contributed by atoms with Crippen LogP contribution in [0.2, 0.25) is 0 Å². The van der Waals surface area contributed by atoms with Crippen molar-refractivity contribution in [3.8, 4) is 0 Å². The summed E-state index contributed by atoms with van der Waals surface area (Å²) in [5, 5.41) is 0. The minimum atomic E-state index is 0. The molecule has 0 saturated heterocycles. The third-order valence-corrected chi connectivity index (χ3v) is 3.19. The summed E-state index contributed by atoms with van der Waals surface area (Å²) in [5.74, 6) is 0. The number of alkyl halides is 1. The minimum Gasteiger partial charge on any atom is -0.355 e. The summed E-state index contributed by atoms with van der Waals surface area (Å²) in [6.07, 6.45) is 0.826. The van der Waals surface area contributed by atoms with Gasteiger partial charge in [-0.05, 0) is 18.6 Å². The van der Waals surface area contributed by atoms with Crippen molar-refractivity contribution in [2.24, 2.45) is 5.73 Å². The van der Waals surface area contributed by atoms with Crippen LogP contribution in [0.3, 0.4) is 0 Å². The maximum Gasteiger partial charge on any atom is 0.106 e. The molecule has 0 saturated carbocycles. The second-order valence-corrected chi connectivity index (χ2v) is 4.13. The first-order valence-corrected chi connectivity index (χ1v) is 5.43. The van der Waals surface area contributed by atoms with E-state index in [2.05, 4.69) is 24.0 Å². The number of hydrogen-bond acceptors (Lipinski definition) is 2. The van der Waals surface area contributed by atoms with Crippen LogP contribution in [-0.2, 0) is 0 Å². The van der Waals surface area contributed by atoms with Gasteiger partial charge in [0.1, 0.15) is 5.50 Å². The van der Waals surface area contributed by atoms with Crippen molar-refractivity contribution in [2.45, 2.75) is 24.9 Å². The summed E-state index contributed by atoms with van der Waals surface area (Å²) in [6.45, 7) is 3.04. The first kappa shape index (κ1) is 15.9. The third kappa shape index (κ3) is 2.75. The van der Waals surface area contributed by atoms with Crippen LogP contribution in [0.4, 0.5) is 5.69 Å². The number of hydrogen-bond donors (Lipinski definition) is 1. The van der Waals surface area contributed by atoms with Gasteiger partial charge in [-0.15, -0.1) is 24.8 Å². The Morgan fingerprint density at radius 1 is 1.38 bits per heavy atom. The number of anilines is 1. The molecule has 1 heterocycles. The van der Waals surface area contributed by atoms with Gasteiger partial charge in [-0.3, -0.25) is 0 Å². The predicted molar refractivity (Wildman–Crippen MR) is 75.1 cm³/mol. The van der Waals surface area contributed by atoms with Gasteiger partial charge in [0, 0.05) is 24.7 Å². The van der Waals surface area contributed by atoms with E-state index < -0.39 is 0 Å². The SMILES string of the molecule is CCN1c2ccccc2C(N)CC1Cl.Cl.Cl. The fourth-order valence-electron chi connectivity index (χ4n) is 2.05. The van der Waals surface area contributed by atoms with E-state index in [4.69, 9.17) is 17.3 Å². The zero-order chi connectivity index (χ0) is 10.1. The highest BCUT2D eigenvalue weighted by atomic mass is 35.5. The van der Waals surface area contributed by atoms with Crippen LogP contribution < -0.4 is 10.6 Å². The molecule has 2 N–H and O–H groups in total. The maximum atomic E-state index is 6.25. The van der Waals surface area contributed by atoms with E-state index in [0.717, 1.165) is 13.0 Å². The van der Waals surface area contributed by atoms with Gasteiger partial charge in [0.15, 0.2) is 0 Å². The van der Waals surface area contributed by atoms with Crippen LogP contribution in [-0.4, -0.2) is 12.0 Å². The van der Waals surface area contributed by atoms with Crippen molar-refractivity contribution in [2.75, 3.05) is 11.4 Å². The van der Waals surface area contributed by atoms with Crippen molar-refractivity contribution >= 4 is 42.1 Å². The average Bonchev–Trinajstić information content (AvgIpc) is 2.18. The Morgan fingerprint density at radius 3 is 2.62 bits per heavy atom. The highest BCUT2D eigenvalue weighted by Gasteiger charge is 2.27. The molecule has 0 radical (unpaired) electrons. The molecule has 0 bridgehead atoms. The van der Waals surface area contributed by atoms with Crippen molar-refractivity contribution < 1.29 is 0 Å². The Morgan fingerprint density at radius 2 is 2.00 bits per heavy atom. The van der Waals surface area contributed by atoms with Gasteiger partial charge in [-0.2, -0.15) is 0 Å². The Balaban J connectivity index is 0.00000112. The molecule has 2 nitrogen and oxygen atoms in total. The average molecular weight is 284 g/mol. The summed E-state index contributed by atoms with van der Waals surface area (Å²) in [6, 6.07) is 8.32. The molecular weight excluding hydrogens is 266 g/mol. The lowest BCUT2D eigenvalue weighted by Gasteiger charge is -2.37. The molecule has 0 spiro atoms. The topological polar surface area (TPSA) is 29.3 Å². The van der Waals surface area contributed by atoms with E-state index in [1.54, 1.807) is 0 Å². The molecule has 92 valence electrons. The van der Waals surface area contributed by atoms with Gasteiger partial charge in [-0.25, -0.2) is 0 Å². The van der Waals surface area contributed by atoms with Crippen molar-refractivity contribution in [1.82, 2.24) is 0 Å². The van der Waals surface area contributed by atoms with Gasteiger partial charge in [0.2, 0.25) is 0 Å². The number of nitrogens with zero attached hydrogens (tertiary/aromatic N) is 1. The summed E-state index contributed by atoms with van der Waals surface area (Å²) in [7, 11) is 0. The highest BCUT2D eigenvalue weighted by molar-refractivity contribution is 6.22. The summed E-state index contributed by atoms with van der Waals surface area (Å²) < 4.78 is 0. The smallest absolute Gasteiger partial charge is 0.106 e. The number of nitrogens with two attached hydrogens (primary N) is 1. The quantitative estimate of drug-likeness (QED) is 0.633. The number of fused-ring (bicyclic) bond motifs is 1. The second-order valence-electron chi connectivity index (χ2n) is 3.62. The molecule has 2 rings (SSSR count). The molecule has 2 atom stereocenters. The van der Waals surface area contributed by atoms with Crippen molar-refractivity contribution in [1.29, 1.82) is 0 Å². The molecule has 0 amide bonds. The maximum absolute atomic E-state index is 6.25. The zero-order valence-electron chi connectivity index (χ0n) is 9.10. The fourth-order valence-corrected chi connectivity index (χ4v) is 2.48. The molecule has 5 heteroatoms. The van der Waals surface area contributed by atoms with E-state index in [0.29, 0.717) is 0 Å². The van der Waals surface area contributed by atoms with Gasteiger partial charge in [-0.1, -0.05) is 29.8 Å². The van der Waals surface area contributed by atoms with Gasteiger partial charge >= 0.3 is 0 Å². The zero-order valence-corrected chi connectivity index (χ0v) is 11.5. The van der Waals surface area contributed by atoms with E-state index in [1.165, 1.54) is 11.3 Å². The van der Waals surface area contributed by atoms with E-state index in [9.17, 15) is 0 Å².